The largest absolute Gasteiger partial charge is 0.299 e. The highest BCUT2D eigenvalue weighted by Gasteiger charge is 2.10. The molecule has 0 spiro atoms. The number of rotatable bonds is 2. The van der Waals surface area contributed by atoms with Crippen molar-refractivity contribution < 1.29 is 0 Å². The molecule has 1 aliphatic rings. The Kier molecular flexibility index (Phi) is 3.98. The van der Waals surface area contributed by atoms with Gasteiger partial charge in [-0.15, -0.1) is 0 Å². The molecule has 82 valence electrons. The first-order valence-corrected chi connectivity index (χ1v) is 6.06. The van der Waals surface area contributed by atoms with Crippen LogP contribution in [-0.4, -0.2) is 23.0 Å². The quantitative estimate of drug-likeness (QED) is 0.718. The molecule has 15 heavy (non-hydrogen) atoms. The minimum Gasteiger partial charge on any atom is -0.299 e. The van der Waals surface area contributed by atoms with Gasteiger partial charge in [-0.05, 0) is 32.0 Å². The van der Waals surface area contributed by atoms with E-state index in [-0.39, 0.29) is 0 Å². The molecule has 3 heteroatoms. The first kappa shape index (κ1) is 10.9. The number of nitrogens with zero attached hydrogens (tertiary/aromatic N) is 2. The summed E-state index contributed by atoms with van der Waals surface area (Å²) in [5.74, 6) is 0. The number of hydrogen-bond donors (Lipinski definition) is 0. The molecule has 0 aliphatic carbocycles. The minimum absolute atomic E-state index is 0.654. The molecule has 1 fully saturated rings. The van der Waals surface area contributed by atoms with Crippen LogP contribution < -0.4 is 0 Å². The van der Waals surface area contributed by atoms with Gasteiger partial charge in [-0.3, -0.25) is 4.90 Å². The Morgan fingerprint density at radius 1 is 1.20 bits per heavy atom. The van der Waals surface area contributed by atoms with Crippen molar-refractivity contribution in [3.63, 3.8) is 0 Å². The van der Waals surface area contributed by atoms with Crippen molar-refractivity contribution in [2.24, 2.45) is 0 Å². The van der Waals surface area contributed by atoms with Gasteiger partial charge in [-0.25, -0.2) is 4.98 Å². The van der Waals surface area contributed by atoms with Gasteiger partial charge < -0.3 is 0 Å². The van der Waals surface area contributed by atoms with E-state index in [0.29, 0.717) is 5.15 Å². The average Bonchev–Trinajstić information content (AvgIpc) is 2.50. The number of likely N-dealkylation sites (tertiary alicyclic amines) is 1. The second kappa shape index (κ2) is 5.47. The van der Waals surface area contributed by atoms with E-state index in [1.54, 1.807) is 6.20 Å². The van der Waals surface area contributed by atoms with Crippen molar-refractivity contribution in [2.75, 3.05) is 13.1 Å². The van der Waals surface area contributed by atoms with Crippen molar-refractivity contribution in [2.45, 2.75) is 32.2 Å². The van der Waals surface area contributed by atoms with Gasteiger partial charge in [0.25, 0.3) is 0 Å². The topological polar surface area (TPSA) is 16.1 Å². The molecule has 1 aromatic heterocycles. The molecule has 0 bridgehead atoms. The summed E-state index contributed by atoms with van der Waals surface area (Å²) in [6.07, 6.45) is 7.12. The molecule has 0 aromatic carbocycles. The van der Waals surface area contributed by atoms with Crippen molar-refractivity contribution in [1.82, 2.24) is 9.88 Å². The van der Waals surface area contributed by atoms with E-state index in [0.717, 1.165) is 12.1 Å². The van der Waals surface area contributed by atoms with Crippen LogP contribution in [0.25, 0.3) is 0 Å². The van der Waals surface area contributed by atoms with Crippen LogP contribution in [0.3, 0.4) is 0 Å². The summed E-state index contributed by atoms with van der Waals surface area (Å²) in [5.41, 5.74) is 1.15. The maximum Gasteiger partial charge on any atom is 0.133 e. The minimum atomic E-state index is 0.654. The molecule has 0 atom stereocenters. The lowest BCUT2D eigenvalue weighted by molar-refractivity contribution is 0.277. The van der Waals surface area contributed by atoms with Gasteiger partial charge in [0.15, 0.2) is 0 Å². The number of halogens is 1. The maximum absolute atomic E-state index is 6.05. The molecule has 0 unspecified atom stereocenters. The van der Waals surface area contributed by atoms with Gasteiger partial charge in [0, 0.05) is 18.3 Å². The zero-order valence-electron chi connectivity index (χ0n) is 8.95. The van der Waals surface area contributed by atoms with E-state index in [1.165, 1.54) is 38.8 Å². The van der Waals surface area contributed by atoms with Crippen molar-refractivity contribution >= 4 is 11.6 Å². The van der Waals surface area contributed by atoms with E-state index in [4.69, 9.17) is 11.6 Å². The molecule has 0 N–H and O–H groups in total. The van der Waals surface area contributed by atoms with Crippen molar-refractivity contribution in [1.29, 1.82) is 0 Å². The zero-order chi connectivity index (χ0) is 10.5. The second-order valence-corrected chi connectivity index (χ2v) is 4.50. The van der Waals surface area contributed by atoms with E-state index >= 15 is 0 Å². The average molecular weight is 225 g/mol. The van der Waals surface area contributed by atoms with E-state index < -0.39 is 0 Å². The summed E-state index contributed by atoms with van der Waals surface area (Å²) >= 11 is 6.05. The Balaban J connectivity index is 1.98. The Labute approximate surface area is 96.3 Å². The SMILES string of the molecule is Clc1ncccc1CN1CCCCCC1. The molecule has 0 saturated carbocycles. The molecule has 2 heterocycles. The fraction of sp³-hybridized carbons (Fsp3) is 0.583. The first-order valence-electron chi connectivity index (χ1n) is 5.68. The Morgan fingerprint density at radius 2 is 1.93 bits per heavy atom. The fourth-order valence-electron chi connectivity index (χ4n) is 2.07. The van der Waals surface area contributed by atoms with Gasteiger partial charge in [0.2, 0.25) is 0 Å². The summed E-state index contributed by atoms with van der Waals surface area (Å²) in [7, 11) is 0. The van der Waals surface area contributed by atoms with Gasteiger partial charge in [0.1, 0.15) is 5.15 Å². The van der Waals surface area contributed by atoms with Crippen LogP contribution in [0, 0.1) is 0 Å². The highest BCUT2D eigenvalue weighted by molar-refractivity contribution is 6.30. The number of hydrogen-bond acceptors (Lipinski definition) is 2. The van der Waals surface area contributed by atoms with Crippen LogP contribution in [0.1, 0.15) is 31.2 Å². The predicted octanol–water partition coefficient (Wildman–Crippen LogP) is 3.11. The maximum atomic E-state index is 6.05. The van der Waals surface area contributed by atoms with Crippen molar-refractivity contribution in [3.05, 3.63) is 29.0 Å². The molecule has 1 aromatic rings. The molecule has 0 radical (unpaired) electrons. The molecule has 1 saturated heterocycles. The Bertz CT molecular complexity index is 306. The highest BCUT2D eigenvalue weighted by atomic mass is 35.5. The lowest BCUT2D eigenvalue weighted by atomic mass is 10.2. The first-order chi connectivity index (χ1) is 7.36. The summed E-state index contributed by atoms with van der Waals surface area (Å²) in [5, 5.41) is 0.654. The van der Waals surface area contributed by atoms with E-state index in [1.807, 2.05) is 6.07 Å². The standard InChI is InChI=1S/C12H17ClN2/c13-12-11(6-5-7-14-12)10-15-8-3-1-2-4-9-15/h5-7H,1-4,8-10H2. The Hall–Kier alpha value is -0.600. The van der Waals surface area contributed by atoms with Gasteiger partial charge in [-0.1, -0.05) is 30.5 Å². The number of aromatic nitrogens is 1. The van der Waals surface area contributed by atoms with E-state index in [9.17, 15) is 0 Å². The zero-order valence-corrected chi connectivity index (χ0v) is 9.71. The monoisotopic (exact) mass is 224 g/mol. The molecular formula is C12H17ClN2. The van der Waals surface area contributed by atoms with Crippen LogP contribution >= 0.6 is 11.6 Å². The normalized spacial score (nSPS) is 18.7. The third-order valence-electron chi connectivity index (χ3n) is 2.93. The van der Waals surface area contributed by atoms with Crippen LogP contribution in [0.2, 0.25) is 5.15 Å². The lowest BCUT2D eigenvalue weighted by Crippen LogP contribution is -2.24. The lowest BCUT2D eigenvalue weighted by Gasteiger charge is -2.19. The summed E-state index contributed by atoms with van der Waals surface area (Å²) in [6, 6.07) is 4.03. The smallest absolute Gasteiger partial charge is 0.133 e. The van der Waals surface area contributed by atoms with Gasteiger partial charge >= 0.3 is 0 Å². The third kappa shape index (κ3) is 3.18. The van der Waals surface area contributed by atoms with Crippen molar-refractivity contribution in [3.8, 4) is 0 Å². The van der Waals surface area contributed by atoms with Crippen LogP contribution in [0.15, 0.2) is 18.3 Å². The summed E-state index contributed by atoms with van der Waals surface area (Å²) in [4.78, 5) is 6.59. The van der Waals surface area contributed by atoms with E-state index in [2.05, 4.69) is 16.0 Å². The summed E-state index contributed by atoms with van der Waals surface area (Å²) in [6.45, 7) is 3.35. The molecule has 0 amide bonds. The Morgan fingerprint density at radius 3 is 2.60 bits per heavy atom. The molecular weight excluding hydrogens is 208 g/mol. The predicted molar refractivity (Wildman–Crippen MR) is 63.0 cm³/mol. The molecule has 1 aliphatic heterocycles. The van der Waals surface area contributed by atoms with Gasteiger partial charge in [0.05, 0.1) is 0 Å². The highest BCUT2D eigenvalue weighted by Crippen LogP contribution is 2.17. The van der Waals surface area contributed by atoms with Gasteiger partial charge in [-0.2, -0.15) is 0 Å². The van der Waals surface area contributed by atoms with Crippen LogP contribution in [0.5, 0.6) is 0 Å². The fourth-order valence-corrected chi connectivity index (χ4v) is 2.25. The summed E-state index contributed by atoms with van der Waals surface area (Å²) < 4.78 is 0. The molecule has 2 nitrogen and oxygen atoms in total. The number of pyridine rings is 1. The van der Waals surface area contributed by atoms with Crippen LogP contribution in [-0.2, 0) is 6.54 Å². The second-order valence-electron chi connectivity index (χ2n) is 4.14. The third-order valence-corrected chi connectivity index (χ3v) is 3.27. The van der Waals surface area contributed by atoms with Crippen LogP contribution in [0.4, 0.5) is 0 Å². The molecule has 2 rings (SSSR count).